The van der Waals surface area contributed by atoms with Crippen LogP contribution in [0.5, 0.6) is 0 Å². The van der Waals surface area contributed by atoms with Gasteiger partial charge in [0.2, 0.25) is 5.91 Å². The van der Waals surface area contributed by atoms with Crippen molar-refractivity contribution in [2.24, 2.45) is 17.8 Å². The largest absolute Gasteiger partial charge is 0.398 e. The van der Waals surface area contributed by atoms with E-state index in [-0.39, 0.29) is 11.8 Å². The molecule has 2 saturated carbocycles. The lowest BCUT2D eigenvalue weighted by atomic mass is 9.67. The topological polar surface area (TPSA) is 55.1 Å². The molecule has 1 amide bonds. The van der Waals surface area contributed by atoms with E-state index >= 15 is 0 Å². The van der Waals surface area contributed by atoms with Gasteiger partial charge in [-0.15, -0.1) is 0 Å². The molecule has 1 aromatic rings. The highest BCUT2D eigenvalue weighted by Crippen LogP contribution is 2.42. The van der Waals surface area contributed by atoms with Crippen LogP contribution >= 0.6 is 15.9 Å². The smallest absolute Gasteiger partial charge is 0.227 e. The van der Waals surface area contributed by atoms with E-state index in [2.05, 4.69) is 21.2 Å². The molecule has 0 bridgehead atoms. The van der Waals surface area contributed by atoms with Crippen molar-refractivity contribution in [2.75, 3.05) is 11.1 Å². The molecule has 3 nitrogen and oxygen atoms in total. The van der Waals surface area contributed by atoms with Crippen LogP contribution in [0.15, 0.2) is 22.7 Å². The molecule has 0 spiro atoms. The summed E-state index contributed by atoms with van der Waals surface area (Å²) in [4.78, 5) is 12.5. The van der Waals surface area contributed by atoms with Crippen LogP contribution in [0, 0.1) is 17.8 Å². The minimum absolute atomic E-state index is 0.167. The highest BCUT2D eigenvalue weighted by atomic mass is 79.9. The Morgan fingerprint density at radius 3 is 2.67 bits per heavy atom. The van der Waals surface area contributed by atoms with E-state index in [1.54, 1.807) is 0 Å². The molecule has 2 fully saturated rings. The minimum atomic E-state index is 0.167. The average Bonchev–Trinajstić information content (AvgIpc) is 2.50. The molecule has 1 aromatic carbocycles. The summed E-state index contributed by atoms with van der Waals surface area (Å²) in [7, 11) is 0. The Labute approximate surface area is 134 Å². The summed E-state index contributed by atoms with van der Waals surface area (Å²) in [5.41, 5.74) is 7.32. The summed E-state index contributed by atoms with van der Waals surface area (Å²) in [6.45, 7) is 0. The number of nitrogens with one attached hydrogen (secondary N) is 1. The first kappa shape index (κ1) is 14.9. The highest BCUT2D eigenvalue weighted by Gasteiger charge is 2.34. The van der Waals surface area contributed by atoms with E-state index in [4.69, 9.17) is 5.73 Å². The Morgan fingerprint density at radius 1 is 1.14 bits per heavy atom. The molecule has 21 heavy (non-hydrogen) atoms. The molecule has 0 heterocycles. The predicted molar refractivity (Wildman–Crippen MR) is 90.0 cm³/mol. The van der Waals surface area contributed by atoms with Crippen molar-refractivity contribution in [1.29, 1.82) is 0 Å². The normalized spacial score (nSPS) is 28.7. The molecule has 0 aliphatic heterocycles. The molecule has 3 atom stereocenters. The molecule has 3 N–H and O–H groups in total. The molecular formula is C17H23BrN2O. The second kappa shape index (κ2) is 6.39. The maximum Gasteiger partial charge on any atom is 0.227 e. The number of halogens is 1. The molecule has 0 saturated heterocycles. The molecule has 4 heteroatoms. The number of benzene rings is 1. The number of anilines is 2. The van der Waals surface area contributed by atoms with Crippen molar-refractivity contribution in [3.63, 3.8) is 0 Å². The monoisotopic (exact) mass is 350 g/mol. The number of hydrogen-bond donors (Lipinski definition) is 2. The third-order valence-corrected chi connectivity index (χ3v) is 5.90. The summed E-state index contributed by atoms with van der Waals surface area (Å²) < 4.78 is 0.864. The van der Waals surface area contributed by atoms with E-state index in [1.165, 1.54) is 32.1 Å². The first-order valence-electron chi connectivity index (χ1n) is 7.99. The fourth-order valence-electron chi connectivity index (χ4n) is 3.98. The van der Waals surface area contributed by atoms with Gasteiger partial charge in [0.15, 0.2) is 0 Å². The van der Waals surface area contributed by atoms with Gasteiger partial charge < -0.3 is 11.1 Å². The van der Waals surface area contributed by atoms with Crippen LogP contribution in [0.3, 0.4) is 0 Å². The van der Waals surface area contributed by atoms with Crippen molar-refractivity contribution in [2.45, 2.75) is 44.9 Å². The van der Waals surface area contributed by atoms with Gasteiger partial charge in [-0.2, -0.15) is 0 Å². The Hall–Kier alpha value is -1.03. The van der Waals surface area contributed by atoms with Gasteiger partial charge in [-0.05, 0) is 65.2 Å². The van der Waals surface area contributed by atoms with E-state index in [9.17, 15) is 4.79 Å². The Morgan fingerprint density at radius 2 is 1.90 bits per heavy atom. The number of hydrogen-bond acceptors (Lipinski definition) is 2. The average molecular weight is 351 g/mol. The van der Waals surface area contributed by atoms with Gasteiger partial charge in [-0.1, -0.05) is 25.7 Å². The summed E-state index contributed by atoms with van der Waals surface area (Å²) >= 11 is 3.37. The van der Waals surface area contributed by atoms with Crippen molar-refractivity contribution in [1.82, 2.24) is 0 Å². The molecular weight excluding hydrogens is 328 g/mol. The van der Waals surface area contributed by atoms with Gasteiger partial charge in [-0.25, -0.2) is 0 Å². The Balaban J connectivity index is 1.61. The van der Waals surface area contributed by atoms with Crippen LogP contribution < -0.4 is 11.1 Å². The SMILES string of the molecule is Nc1cc(NC(=O)C2CCC3CCCCC3C2)ccc1Br. The molecule has 0 radical (unpaired) electrons. The van der Waals surface area contributed by atoms with Crippen molar-refractivity contribution < 1.29 is 4.79 Å². The van der Waals surface area contributed by atoms with Crippen LogP contribution in [-0.2, 0) is 4.79 Å². The minimum Gasteiger partial charge on any atom is -0.398 e. The van der Waals surface area contributed by atoms with Gasteiger partial charge in [0.1, 0.15) is 0 Å². The fourth-order valence-corrected chi connectivity index (χ4v) is 4.22. The zero-order valence-corrected chi connectivity index (χ0v) is 13.9. The van der Waals surface area contributed by atoms with Crippen LogP contribution in [0.2, 0.25) is 0 Å². The van der Waals surface area contributed by atoms with Gasteiger partial charge in [0, 0.05) is 21.8 Å². The lowest BCUT2D eigenvalue weighted by molar-refractivity contribution is -0.122. The first-order valence-corrected chi connectivity index (χ1v) is 8.78. The van der Waals surface area contributed by atoms with Gasteiger partial charge in [0.05, 0.1) is 0 Å². The number of nitrogen functional groups attached to an aromatic ring is 1. The Bertz CT molecular complexity index is 532. The molecule has 3 rings (SSSR count). The molecule has 0 aromatic heterocycles. The van der Waals surface area contributed by atoms with Crippen LogP contribution in [0.4, 0.5) is 11.4 Å². The van der Waals surface area contributed by atoms with E-state index in [0.29, 0.717) is 5.69 Å². The maximum atomic E-state index is 12.5. The number of fused-ring (bicyclic) bond motifs is 1. The zero-order valence-electron chi connectivity index (χ0n) is 12.3. The predicted octanol–water partition coefficient (Wildman–Crippen LogP) is 4.58. The quantitative estimate of drug-likeness (QED) is 0.767. The number of carbonyl (C=O) groups excluding carboxylic acids is 1. The third-order valence-electron chi connectivity index (χ3n) is 5.17. The van der Waals surface area contributed by atoms with E-state index in [1.807, 2.05) is 18.2 Å². The second-order valence-electron chi connectivity index (χ2n) is 6.54. The van der Waals surface area contributed by atoms with Gasteiger partial charge >= 0.3 is 0 Å². The maximum absolute atomic E-state index is 12.5. The Kier molecular flexibility index (Phi) is 4.53. The van der Waals surface area contributed by atoms with Crippen molar-refractivity contribution >= 4 is 33.2 Å². The summed E-state index contributed by atoms with van der Waals surface area (Å²) in [6.07, 6.45) is 8.77. The molecule has 2 aliphatic carbocycles. The molecule has 114 valence electrons. The summed E-state index contributed by atoms with van der Waals surface area (Å²) in [5, 5.41) is 3.04. The lowest BCUT2D eigenvalue weighted by Gasteiger charge is -2.38. The standard InChI is InChI=1S/C17H23BrN2O/c18-15-8-7-14(10-16(15)19)20-17(21)13-6-5-11-3-1-2-4-12(11)9-13/h7-8,10-13H,1-6,9,19H2,(H,20,21). The number of nitrogens with two attached hydrogens (primary N) is 1. The lowest BCUT2D eigenvalue weighted by Crippen LogP contribution is -2.33. The van der Waals surface area contributed by atoms with E-state index < -0.39 is 0 Å². The third kappa shape index (κ3) is 3.42. The second-order valence-corrected chi connectivity index (χ2v) is 7.39. The van der Waals surface area contributed by atoms with Crippen LogP contribution in [-0.4, -0.2) is 5.91 Å². The zero-order chi connectivity index (χ0) is 14.8. The molecule has 3 unspecified atom stereocenters. The highest BCUT2D eigenvalue weighted by molar-refractivity contribution is 9.10. The first-order chi connectivity index (χ1) is 10.1. The molecule has 2 aliphatic rings. The van der Waals surface area contributed by atoms with Gasteiger partial charge in [0.25, 0.3) is 0 Å². The van der Waals surface area contributed by atoms with Crippen LogP contribution in [0.1, 0.15) is 44.9 Å². The summed E-state index contributed by atoms with van der Waals surface area (Å²) in [5.74, 6) is 2.00. The number of amides is 1. The van der Waals surface area contributed by atoms with Gasteiger partial charge in [-0.3, -0.25) is 4.79 Å². The van der Waals surface area contributed by atoms with E-state index in [0.717, 1.165) is 34.8 Å². The fraction of sp³-hybridized carbons (Fsp3) is 0.588. The number of carbonyl (C=O) groups is 1. The van der Waals surface area contributed by atoms with Crippen LogP contribution in [0.25, 0.3) is 0 Å². The number of rotatable bonds is 2. The summed E-state index contributed by atoms with van der Waals surface area (Å²) in [6, 6.07) is 5.59. The van der Waals surface area contributed by atoms with Crippen molar-refractivity contribution in [3.8, 4) is 0 Å². The van der Waals surface area contributed by atoms with Crippen molar-refractivity contribution in [3.05, 3.63) is 22.7 Å².